The van der Waals surface area contributed by atoms with Gasteiger partial charge in [0.1, 0.15) is 11.5 Å². The predicted molar refractivity (Wildman–Crippen MR) is 127 cm³/mol. The van der Waals surface area contributed by atoms with Crippen LogP contribution in [0.1, 0.15) is 24.0 Å². The number of hydrogen-bond donors (Lipinski definition) is 2. The smallest absolute Gasteiger partial charge is 0.205 e. The Morgan fingerprint density at radius 3 is 2.48 bits per heavy atom. The summed E-state index contributed by atoms with van der Waals surface area (Å²) in [4.78, 5) is 12.5. The topological polar surface area (TPSA) is 90.7 Å². The van der Waals surface area contributed by atoms with Crippen molar-refractivity contribution in [1.82, 2.24) is 15.0 Å². The van der Waals surface area contributed by atoms with Crippen LogP contribution in [-0.2, 0) is 0 Å². The van der Waals surface area contributed by atoms with E-state index in [2.05, 4.69) is 30.7 Å². The summed E-state index contributed by atoms with van der Waals surface area (Å²) in [6, 6.07) is 17.2. The maximum Gasteiger partial charge on any atom is 0.205 e. The standard InChI is InChI=1S/C22H20ClN7S/c1-13-19(26-20(24-13)16-7-5-4-6-8-16)14(2)27-30-22-25-15(3)21(31-22)29-28-18-11-9-17(23)10-12-18/h4-12H,1-3H3,(H,24,26)(H,25,30)/b27-14+,29-28?. The number of rotatable bonds is 6. The van der Waals surface area contributed by atoms with Crippen molar-refractivity contribution in [3.63, 3.8) is 0 Å². The van der Waals surface area contributed by atoms with Gasteiger partial charge in [-0.05, 0) is 45.0 Å². The summed E-state index contributed by atoms with van der Waals surface area (Å²) in [6.45, 7) is 5.78. The molecule has 0 amide bonds. The average Bonchev–Trinajstić information content (AvgIpc) is 3.34. The number of aromatic amines is 1. The highest BCUT2D eigenvalue weighted by Gasteiger charge is 2.12. The zero-order chi connectivity index (χ0) is 21.8. The molecule has 7 nitrogen and oxygen atoms in total. The second kappa shape index (κ2) is 9.20. The summed E-state index contributed by atoms with van der Waals surface area (Å²) in [5.74, 6) is 0.817. The number of azo groups is 1. The van der Waals surface area contributed by atoms with Gasteiger partial charge in [0.05, 0.1) is 17.1 Å². The average molecular weight is 450 g/mol. The maximum absolute atomic E-state index is 5.90. The molecule has 0 aliphatic heterocycles. The Morgan fingerprint density at radius 2 is 1.74 bits per heavy atom. The minimum absolute atomic E-state index is 0.637. The molecule has 0 fully saturated rings. The number of imidazole rings is 1. The summed E-state index contributed by atoms with van der Waals surface area (Å²) in [7, 11) is 0. The largest absolute Gasteiger partial charge is 0.342 e. The molecule has 2 N–H and O–H groups in total. The monoisotopic (exact) mass is 449 g/mol. The fourth-order valence-corrected chi connectivity index (χ4v) is 3.73. The molecule has 0 radical (unpaired) electrons. The van der Waals surface area contributed by atoms with E-state index >= 15 is 0 Å². The van der Waals surface area contributed by atoms with Crippen molar-refractivity contribution < 1.29 is 0 Å². The van der Waals surface area contributed by atoms with Gasteiger partial charge < -0.3 is 4.98 Å². The van der Waals surface area contributed by atoms with Crippen LogP contribution >= 0.6 is 22.9 Å². The normalized spacial score (nSPS) is 11.9. The summed E-state index contributed by atoms with van der Waals surface area (Å²) in [5.41, 5.74) is 8.06. The molecule has 0 aliphatic carbocycles. The highest BCUT2D eigenvalue weighted by Crippen LogP contribution is 2.32. The quantitative estimate of drug-likeness (QED) is 0.187. The van der Waals surface area contributed by atoms with Crippen LogP contribution in [0.15, 0.2) is 69.9 Å². The van der Waals surface area contributed by atoms with Gasteiger partial charge in [-0.15, -0.1) is 10.2 Å². The molecule has 2 aromatic carbocycles. The number of hydrazone groups is 1. The molecule has 156 valence electrons. The molecule has 4 aromatic rings. The molecule has 0 bridgehead atoms. The van der Waals surface area contributed by atoms with E-state index in [0.717, 1.165) is 39.9 Å². The van der Waals surface area contributed by atoms with Crippen molar-refractivity contribution in [2.24, 2.45) is 15.3 Å². The van der Waals surface area contributed by atoms with Crippen LogP contribution in [-0.4, -0.2) is 20.7 Å². The zero-order valence-corrected chi connectivity index (χ0v) is 18.8. The minimum Gasteiger partial charge on any atom is -0.342 e. The van der Waals surface area contributed by atoms with Gasteiger partial charge in [-0.2, -0.15) is 5.10 Å². The molecule has 0 saturated heterocycles. The summed E-state index contributed by atoms with van der Waals surface area (Å²) >= 11 is 7.28. The van der Waals surface area contributed by atoms with Crippen molar-refractivity contribution >= 4 is 44.5 Å². The highest BCUT2D eigenvalue weighted by molar-refractivity contribution is 7.19. The van der Waals surface area contributed by atoms with E-state index in [1.54, 1.807) is 12.1 Å². The van der Waals surface area contributed by atoms with Crippen LogP contribution in [0.2, 0.25) is 5.02 Å². The van der Waals surface area contributed by atoms with E-state index < -0.39 is 0 Å². The van der Waals surface area contributed by atoms with Gasteiger partial charge in [-0.1, -0.05) is 53.3 Å². The lowest BCUT2D eigenvalue weighted by atomic mass is 10.2. The number of benzene rings is 2. The van der Waals surface area contributed by atoms with E-state index in [1.165, 1.54) is 11.3 Å². The molecule has 2 heterocycles. The lowest BCUT2D eigenvalue weighted by Crippen LogP contribution is -2.02. The van der Waals surface area contributed by atoms with Gasteiger partial charge in [0.15, 0.2) is 5.00 Å². The number of nitrogens with one attached hydrogen (secondary N) is 2. The number of anilines is 1. The SMILES string of the molecule is C/C(=N\Nc1nc(C)c(N=Nc2ccc(Cl)cc2)s1)c1nc(-c2ccccc2)[nH]c1C. The number of halogens is 1. The Labute approximate surface area is 189 Å². The number of aryl methyl sites for hydroxylation is 2. The van der Waals surface area contributed by atoms with Gasteiger partial charge in [0.25, 0.3) is 0 Å². The van der Waals surface area contributed by atoms with E-state index in [9.17, 15) is 0 Å². The Bertz CT molecular complexity index is 1240. The van der Waals surface area contributed by atoms with E-state index in [1.807, 2.05) is 63.2 Å². The van der Waals surface area contributed by atoms with Gasteiger partial charge in [0, 0.05) is 16.3 Å². The first-order valence-corrected chi connectivity index (χ1v) is 10.8. The lowest BCUT2D eigenvalue weighted by molar-refractivity contribution is 1.17. The van der Waals surface area contributed by atoms with Gasteiger partial charge in [-0.25, -0.2) is 9.97 Å². The Hall–Kier alpha value is -3.36. The molecule has 0 spiro atoms. The van der Waals surface area contributed by atoms with Crippen molar-refractivity contribution in [2.45, 2.75) is 20.8 Å². The van der Waals surface area contributed by atoms with Crippen LogP contribution in [0.4, 0.5) is 15.8 Å². The molecular formula is C22H20ClN7S. The Morgan fingerprint density at radius 1 is 1.00 bits per heavy atom. The molecule has 2 aromatic heterocycles. The van der Waals surface area contributed by atoms with E-state index in [0.29, 0.717) is 15.2 Å². The third-order valence-corrected chi connectivity index (χ3v) is 5.65. The molecule has 31 heavy (non-hydrogen) atoms. The number of H-pyrrole nitrogens is 1. The molecule has 9 heteroatoms. The van der Waals surface area contributed by atoms with Crippen molar-refractivity contribution in [3.05, 3.63) is 76.7 Å². The highest BCUT2D eigenvalue weighted by atomic mass is 35.5. The third kappa shape index (κ3) is 5.04. The van der Waals surface area contributed by atoms with Crippen LogP contribution in [0.5, 0.6) is 0 Å². The summed E-state index contributed by atoms with van der Waals surface area (Å²) < 4.78 is 0. The Kier molecular flexibility index (Phi) is 6.20. The van der Waals surface area contributed by atoms with Crippen LogP contribution in [0.25, 0.3) is 11.4 Å². The maximum atomic E-state index is 5.90. The molecule has 0 aliphatic rings. The van der Waals surface area contributed by atoms with Crippen LogP contribution in [0, 0.1) is 13.8 Å². The first kappa shape index (κ1) is 20.9. The molecule has 0 atom stereocenters. The van der Waals surface area contributed by atoms with Gasteiger partial charge in [-0.3, -0.25) is 5.43 Å². The molecule has 0 saturated carbocycles. The first-order valence-electron chi connectivity index (χ1n) is 9.57. The fourth-order valence-electron chi connectivity index (χ4n) is 2.87. The number of aromatic nitrogens is 3. The number of nitrogens with zero attached hydrogens (tertiary/aromatic N) is 5. The van der Waals surface area contributed by atoms with E-state index in [4.69, 9.17) is 16.6 Å². The summed E-state index contributed by atoms with van der Waals surface area (Å²) in [5, 5.41) is 15.0. The molecule has 0 unspecified atom stereocenters. The van der Waals surface area contributed by atoms with Gasteiger partial charge >= 0.3 is 0 Å². The fraction of sp³-hybridized carbons (Fsp3) is 0.136. The zero-order valence-electron chi connectivity index (χ0n) is 17.2. The second-order valence-corrected chi connectivity index (χ2v) is 8.23. The lowest BCUT2D eigenvalue weighted by Gasteiger charge is -1.98. The predicted octanol–water partition coefficient (Wildman–Crippen LogP) is 7.05. The number of hydrogen-bond acceptors (Lipinski definition) is 7. The Balaban J connectivity index is 1.48. The molecule has 4 rings (SSSR count). The first-order chi connectivity index (χ1) is 15.0. The summed E-state index contributed by atoms with van der Waals surface area (Å²) in [6.07, 6.45) is 0. The third-order valence-electron chi connectivity index (χ3n) is 4.45. The minimum atomic E-state index is 0.637. The van der Waals surface area contributed by atoms with Crippen molar-refractivity contribution in [3.8, 4) is 11.4 Å². The number of thiazole rings is 1. The van der Waals surface area contributed by atoms with Crippen LogP contribution < -0.4 is 5.43 Å². The van der Waals surface area contributed by atoms with Gasteiger partial charge in [0.2, 0.25) is 5.13 Å². The van der Waals surface area contributed by atoms with Crippen molar-refractivity contribution in [2.75, 3.05) is 5.43 Å². The molecular weight excluding hydrogens is 430 g/mol. The second-order valence-electron chi connectivity index (χ2n) is 6.82. The van der Waals surface area contributed by atoms with Crippen LogP contribution in [0.3, 0.4) is 0 Å². The van der Waals surface area contributed by atoms with Crippen molar-refractivity contribution in [1.29, 1.82) is 0 Å². The van der Waals surface area contributed by atoms with E-state index in [-0.39, 0.29) is 0 Å².